The third kappa shape index (κ3) is 5.46. The van der Waals surface area contributed by atoms with Gasteiger partial charge in [0.15, 0.2) is 0 Å². The van der Waals surface area contributed by atoms with Crippen LogP contribution in [0.4, 0.5) is 10.1 Å². The van der Waals surface area contributed by atoms with E-state index in [0.29, 0.717) is 24.5 Å². The van der Waals surface area contributed by atoms with E-state index < -0.39 is 6.04 Å². The highest BCUT2D eigenvalue weighted by atomic mass is 19.1. The minimum Gasteiger partial charge on any atom is -0.494 e. The number of rotatable bonds is 8. The molecule has 0 saturated carbocycles. The van der Waals surface area contributed by atoms with E-state index >= 15 is 0 Å². The molecule has 0 spiro atoms. The van der Waals surface area contributed by atoms with E-state index in [9.17, 15) is 14.3 Å². The molecule has 3 N–H and O–H groups in total. The first-order valence-corrected chi connectivity index (χ1v) is 8.18. The standard InChI is InChI=1S/C19H23FN2O3/c1-3-25-18-9-8-17(10-15(18)12-23)22-13(2)19(24)21-11-14-4-6-16(20)7-5-14/h4-10,13,22-23H,3,11-12H2,1-2H3,(H,21,24). The fourth-order valence-electron chi connectivity index (χ4n) is 2.35. The molecule has 2 aromatic rings. The summed E-state index contributed by atoms with van der Waals surface area (Å²) < 4.78 is 18.3. The number of nitrogens with one attached hydrogen (secondary N) is 2. The Hall–Kier alpha value is -2.60. The number of benzene rings is 2. The molecule has 0 aliphatic rings. The average molecular weight is 346 g/mol. The van der Waals surface area contributed by atoms with Crippen molar-refractivity contribution < 1.29 is 19.0 Å². The number of ether oxygens (including phenoxy) is 1. The molecule has 0 aromatic heterocycles. The van der Waals surface area contributed by atoms with Crippen LogP contribution in [0.1, 0.15) is 25.0 Å². The molecule has 0 heterocycles. The molecule has 1 amide bonds. The van der Waals surface area contributed by atoms with Crippen molar-refractivity contribution in [3.8, 4) is 5.75 Å². The van der Waals surface area contributed by atoms with Gasteiger partial charge in [0.05, 0.1) is 13.2 Å². The summed E-state index contributed by atoms with van der Waals surface area (Å²) in [7, 11) is 0. The van der Waals surface area contributed by atoms with Gasteiger partial charge < -0.3 is 20.5 Å². The number of hydrogen-bond acceptors (Lipinski definition) is 4. The van der Waals surface area contributed by atoms with Crippen LogP contribution < -0.4 is 15.4 Å². The van der Waals surface area contributed by atoms with E-state index in [0.717, 1.165) is 11.3 Å². The molecule has 0 radical (unpaired) electrons. The van der Waals surface area contributed by atoms with Crippen molar-refractivity contribution in [3.05, 3.63) is 59.4 Å². The fourth-order valence-corrected chi connectivity index (χ4v) is 2.35. The van der Waals surface area contributed by atoms with Crippen LogP contribution in [0.3, 0.4) is 0 Å². The molecule has 2 aromatic carbocycles. The summed E-state index contributed by atoms with van der Waals surface area (Å²) in [5.41, 5.74) is 2.20. The monoisotopic (exact) mass is 346 g/mol. The molecular weight excluding hydrogens is 323 g/mol. The van der Waals surface area contributed by atoms with Gasteiger partial charge in [0, 0.05) is 17.8 Å². The molecule has 0 aliphatic carbocycles. The Labute approximate surface area is 146 Å². The number of carbonyl (C=O) groups excluding carboxylic acids is 1. The molecule has 1 atom stereocenters. The fraction of sp³-hybridized carbons (Fsp3) is 0.316. The minimum absolute atomic E-state index is 0.143. The van der Waals surface area contributed by atoms with Crippen LogP contribution in [0.2, 0.25) is 0 Å². The average Bonchev–Trinajstić information content (AvgIpc) is 2.62. The van der Waals surface area contributed by atoms with Crippen molar-refractivity contribution in [1.82, 2.24) is 5.32 Å². The summed E-state index contributed by atoms with van der Waals surface area (Å²) in [6.07, 6.45) is 0. The molecule has 0 aliphatic heterocycles. The van der Waals surface area contributed by atoms with Gasteiger partial charge in [0.1, 0.15) is 17.6 Å². The lowest BCUT2D eigenvalue weighted by atomic mass is 10.1. The number of hydrogen-bond donors (Lipinski definition) is 3. The quantitative estimate of drug-likeness (QED) is 0.687. The lowest BCUT2D eigenvalue weighted by molar-refractivity contribution is -0.121. The van der Waals surface area contributed by atoms with E-state index in [1.54, 1.807) is 37.3 Å². The van der Waals surface area contributed by atoms with Crippen LogP contribution >= 0.6 is 0 Å². The van der Waals surface area contributed by atoms with Crippen LogP contribution in [0.15, 0.2) is 42.5 Å². The van der Waals surface area contributed by atoms with E-state index in [-0.39, 0.29) is 18.3 Å². The maximum Gasteiger partial charge on any atom is 0.242 e. The number of carbonyl (C=O) groups is 1. The maximum absolute atomic E-state index is 12.9. The summed E-state index contributed by atoms with van der Waals surface area (Å²) in [5.74, 6) is 0.146. The third-order valence-electron chi connectivity index (χ3n) is 3.69. The smallest absolute Gasteiger partial charge is 0.242 e. The minimum atomic E-state index is -0.468. The van der Waals surface area contributed by atoms with Crippen molar-refractivity contribution in [2.24, 2.45) is 0 Å². The second-order valence-electron chi connectivity index (χ2n) is 5.62. The molecule has 2 rings (SSSR count). The third-order valence-corrected chi connectivity index (χ3v) is 3.69. The Bertz CT molecular complexity index is 704. The Morgan fingerprint density at radius 3 is 2.60 bits per heavy atom. The molecule has 134 valence electrons. The van der Waals surface area contributed by atoms with Crippen LogP contribution in [-0.4, -0.2) is 23.7 Å². The number of aliphatic hydroxyl groups excluding tert-OH is 1. The first-order chi connectivity index (χ1) is 12.0. The maximum atomic E-state index is 12.9. The zero-order valence-electron chi connectivity index (χ0n) is 14.4. The van der Waals surface area contributed by atoms with Crippen LogP contribution in [0.5, 0.6) is 5.75 Å². The van der Waals surface area contributed by atoms with Crippen LogP contribution in [0.25, 0.3) is 0 Å². The number of aliphatic hydroxyl groups is 1. The van der Waals surface area contributed by atoms with Crippen molar-refractivity contribution in [1.29, 1.82) is 0 Å². The van der Waals surface area contributed by atoms with Crippen LogP contribution in [-0.2, 0) is 17.9 Å². The van der Waals surface area contributed by atoms with Crippen molar-refractivity contribution >= 4 is 11.6 Å². The zero-order chi connectivity index (χ0) is 18.2. The van der Waals surface area contributed by atoms with E-state index in [1.807, 2.05) is 6.92 Å². The summed E-state index contributed by atoms with van der Waals surface area (Å²) in [4.78, 5) is 12.2. The SMILES string of the molecule is CCOc1ccc(NC(C)C(=O)NCc2ccc(F)cc2)cc1CO. The number of anilines is 1. The largest absolute Gasteiger partial charge is 0.494 e. The highest BCUT2D eigenvalue weighted by Gasteiger charge is 2.13. The first kappa shape index (κ1) is 18.7. The van der Waals surface area contributed by atoms with Gasteiger partial charge in [-0.25, -0.2) is 4.39 Å². The Balaban J connectivity index is 1.92. The lowest BCUT2D eigenvalue weighted by Crippen LogP contribution is -2.37. The highest BCUT2D eigenvalue weighted by Crippen LogP contribution is 2.23. The van der Waals surface area contributed by atoms with Crippen molar-refractivity contribution in [2.75, 3.05) is 11.9 Å². The van der Waals surface area contributed by atoms with Gasteiger partial charge in [-0.2, -0.15) is 0 Å². The number of halogens is 1. The molecular formula is C19H23FN2O3. The van der Waals surface area contributed by atoms with E-state index in [2.05, 4.69) is 10.6 Å². The van der Waals surface area contributed by atoms with Gasteiger partial charge in [0.2, 0.25) is 5.91 Å². The van der Waals surface area contributed by atoms with Gasteiger partial charge in [-0.15, -0.1) is 0 Å². The summed E-state index contributed by atoms with van der Waals surface area (Å²) in [6.45, 7) is 4.32. The van der Waals surface area contributed by atoms with Gasteiger partial charge in [-0.3, -0.25) is 4.79 Å². The van der Waals surface area contributed by atoms with E-state index in [1.165, 1.54) is 12.1 Å². The van der Waals surface area contributed by atoms with Crippen molar-refractivity contribution in [2.45, 2.75) is 33.0 Å². The normalized spacial score (nSPS) is 11.7. The second kappa shape index (κ2) is 9.03. The second-order valence-corrected chi connectivity index (χ2v) is 5.62. The van der Waals surface area contributed by atoms with Crippen molar-refractivity contribution in [3.63, 3.8) is 0 Å². The van der Waals surface area contributed by atoms with Gasteiger partial charge in [0.25, 0.3) is 0 Å². The lowest BCUT2D eigenvalue weighted by Gasteiger charge is -2.17. The Morgan fingerprint density at radius 1 is 1.24 bits per heavy atom. The first-order valence-electron chi connectivity index (χ1n) is 8.18. The molecule has 0 saturated heterocycles. The molecule has 25 heavy (non-hydrogen) atoms. The van der Waals surface area contributed by atoms with E-state index in [4.69, 9.17) is 4.74 Å². The number of amides is 1. The van der Waals surface area contributed by atoms with Gasteiger partial charge >= 0.3 is 0 Å². The zero-order valence-corrected chi connectivity index (χ0v) is 14.4. The summed E-state index contributed by atoms with van der Waals surface area (Å²) in [5, 5.41) is 15.3. The predicted octanol–water partition coefficient (Wildman–Crippen LogP) is 2.83. The molecule has 6 heteroatoms. The van der Waals surface area contributed by atoms with Gasteiger partial charge in [-0.1, -0.05) is 12.1 Å². The molecule has 1 unspecified atom stereocenters. The topological polar surface area (TPSA) is 70.6 Å². The molecule has 0 fully saturated rings. The molecule has 0 bridgehead atoms. The highest BCUT2D eigenvalue weighted by molar-refractivity contribution is 5.84. The van der Waals surface area contributed by atoms with Gasteiger partial charge in [-0.05, 0) is 49.7 Å². The summed E-state index contributed by atoms with van der Waals surface area (Å²) >= 11 is 0. The summed E-state index contributed by atoms with van der Waals surface area (Å²) in [6, 6.07) is 10.8. The Morgan fingerprint density at radius 2 is 1.96 bits per heavy atom. The predicted molar refractivity (Wildman–Crippen MR) is 94.9 cm³/mol. The van der Waals surface area contributed by atoms with Crippen LogP contribution in [0, 0.1) is 5.82 Å². The Kier molecular flexibility index (Phi) is 6.77. The molecule has 5 nitrogen and oxygen atoms in total.